The third kappa shape index (κ3) is 3.90. The quantitative estimate of drug-likeness (QED) is 0.484. The van der Waals surface area contributed by atoms with Crippen molar-refractivity contribution in [1.82, 2.24) is 14.7 Å². The van der Waals surface area contributed by atoms with Crippen LogP contribution in [0.1, 0.15) is 24.9 Å². The largest absolute Gasteiger partial charge is 0.339 e. The fourth-order valence-corrected chi connectivity index (χ4v) is 3.05. The maximum absolute atomic E-state index is 12.6. The standard InChI is InChI=1S/C20H20N4O4/c1-14(15-6-5-7-16(12-15)24(27)28)22(2)20(26)10-11-23-18-9-4-3-8-17(18)19(25)13-21-23/h3-9,12-14H,10-11H2,1-2H3/t14-/m0/s1. The molecule has 0 fully saturated rings. The lowest BCUT2D eigenvalue weighted by molar-refractivity contribution is -0.384. The molecule has 0 aliphatic carbocycles. The highest BCUT2D eigenvalue weighted by molar-refractivity contribution is 5.79. The number of aromatic nitrogens is 2. The van der Waals surface area contributed by atoms with Crippen LogP contribution in [0.25, 0.3) is 10.9 Å². The van der Waals surface area contributed by atoms with E-state index in [-0.39, 0.29) is 29.5 Å². The van der Waals surface area contributed by atoms with E-state index >= 15 is 0 Å². The molecule has 1 amide bonds. The number of aryl methyl sites for hydroxylation is 1. The summed E-state index contributed by atoms with van der Waals surface area (Å²) in [5.41, 5.74) is 1.21. The molecule has 28 heavy (non-hydrogen) atoms. The molecule has 0 saturated carbocycles. The molecular weight excluding hydrogens is 360 g/mol. The minimum atomic E-state index is -0.453. The Kier molecular flexibility index (Phi) is 5.49. The van der Waals surface area contributed by atoms with Crippen LogP contribution >= 0.6 is 0 Å². The maximum atomic E-state index is 12.6. The van der Waals surface area contributed by atoms with Crippen LogP contribution in [0.2, 0.25) is 0 Å². The second-order valence-corrected chi connectivity index (χ2v) is 6.53. The van der Waals surface area contributed by atoms with Gasteiger partial charge in [-0.1, -0.05) is 24.3 Å². The topological polar surface area (TPSA) is 98.3 Å². The van der Waals surface area contributed by atoms with Gasteiger partial charge in [-0.15, -0.1) is 0 Å². The lowest BCUT2D eigenvalue weighted by atomic mass is 10.1. The van der Waals surface area contributed by atoms with Crippen molar-refractivity contribution in [2.75, 3.05) is 7.05 Å². The number of nitro groups is 1. The molecule has 0 bridgehead atoms. The predicted octanol–water partition coefficient (Wildman–Crippen LogP) is 2.91. The fourth-order valence-electron chi connectivity index (χ4n) is 3.05. The zero-order valence-corrected chi connectivity index (χ0v) is 15.6. The van der Waals surface area contributed by atoms with Gasteiger partial charge in [0.2, 0.25) is 11.3 Å². The van der Waals surface area contributed by atoms with Crippen molar-refractivity contribution in [2.24, 2.45) is 0 Å². The van der Waals surface area contributed by atoms with Crippen molar-refractivity contribution in [3.8, 4) is 0 Å². The maximum Gasteiger partial charge on any atom is 0.269 e. The van der Waals surface area contributed by atoms with E-state index in [9.17, 15) is 19.7 Å². The third-order valence-corrected chi connectivity index (χ3v) is 4.84. The molecule has 8 heteroatoms. The van der Waals surface area contributed by atoms with Crippen LogP contribution in [0, 0.1) is 10.1 Å². The Hall–Kier alpha value is -3.55. The van der Waals surface area contributed by atoms with E-state index in [2.05, 4.69) is 5.10 Å². The van der Waals surface area contributed by atoms with Gasteiger partial charge in [-0.3, -0.25) is 24.4 Å². The average molecular weight is 380 g/mol. The molecule has 0 saturated heterocycles. The first-order valence-electron chi connectivity index (χ1n) is 8.83. The monoisotopic (exact) mass is 380 g/mol. The molecule has 8 nitrogen and oxygen atoms in total. The Labute approximate surface area is 161 Å². The smallest absolute Gasteiger partial charge is 0.269 e. The first-order chi connectivity index (χ1) is 13.4. The van der Waals surface area contributed by atoms with Gasteiger partial charge < -0.3 is 4.90 Å². The second kappa shape index (κ2) is 7.99. The van der Waals surface area contributed by atoms with Crippen LogP contribution in [-0.2, 0) is 11.3 Å². The Morgan fingerprint density at radius 2 is 2.00 bits per heavy atom. The second-order valence-electron chi connectivity index (χ2n) is 6.53. The molecule has 1 atom stereocenters. The van der Waals surface area contributed by atoms with E-state index in [0.29, 0.717) is 23.0 Å². The van der Waals surface area contributed by atoms with Crippen LogP contribution in [0.5, 0.6) is 0 Å². The van der Waals surface area contributed by atoms with Gasteiger partial charge in [-0.25, -0.2) is 0 Å². The van der Waals surface area contributed by atoms with E-state index in [1.807, 2.05) is 13.0 Å². The summed E-state index contributed by atoms with van der Waals surface area (Å²) in [4.78, 5) is 36.6. The van der Waals surface area contributed by atoms with Crippen molar-refractivity contribution in [2.45, 2.75) is 25.9 Å². The third-order valence-electron chi connectivity index (χ3n) is 4.84. The normalized spacial score (nSPS) is 11.9. The number of hydrogen-bond donors (Lipinski definition) is 0. The van der Waals surface area contributed by atoms with Crippen LogP contribution in [0.3, 0.4) is 0 Å². The number of carbonyl (C=O) groups excluding carboxylic acids is 1. The van der Waals surface area contributed by atoms with Crippen LogP contribution in [-0.4, -0.2) is 32.6 Å². The molecule has 0 spiro atoms. The molecule has 0 radical (unpaired) electrons. The molecular formula is C20H20N4O4. The summed E-state index contributed by atoms with van der Waals surface area (Å²) in [6.07, 6.45) is 1.44. The summed E-state index contributed by atoms with van der Waals surface area (Å²) in [6, 6.07) is 13.1. The van der Waals surface area contributed by atoms with Gasteiger partial charge in [0.05, 0.1) is 29.2 Å². The number of nitro benzene ring substituents is 1. The summed E-state index contributed by atoms with van der Waals surface area (Å²) in [7, 11) is 1.67. The van der Waals surface area contributed by atoms with Crippen LogP contribution in [0.4, 0.5) is 5.69 Å². The van der Waals surface area contributed by atoms with Crippen molar-refractivity contribution in [1.29, 1.82) is 0 Å². The van der Waals surface area contributed by atoms with Crippen molar-refractivity contribution in [3.05, 3.63) is 80.6 Å². The molecule has 1 heterocycles. The number of para-hydroxylation sites is 1. The molecule has 3 aromatic rings. The van der Waals surface area contributed by atoms with Crippen LogP contribution < -0.4 is 5.43 Å². The van der Waals surface area contributed by atoms with Gasteiger partial charge in [0.15, 0.2) is 0 Å². The molecule has 0 unspecified atom stereocenters. The van der Waals surface area contributed by atoms with Crippen LogP contribution in [0.15, 0.2) is 59.5 Å². The first kappa shape index (κ1) is 19.2. The molecule has 3 rings (SSSR count). The summed E-state index contributed by atoms with van der Waals surface area (Å²) in [5.74, 6) is -0.122. The fraction of sp³-hybridized carbons (Fsp3) is 0.250. The van der Waals surface area contributed by atoms with E-state index in [4.69, 9.17) is 0 Å². The van der Waals surface area contributed by atoms with E-state index in [1.54, 1.807) is 47.0 Å². The van der Waals surface area contributed by atoms with Gasteiger partial charge in [-0.05, 0) is 24.6 Å². The number of carbonyl (C=O) groups is 1. The predicted molar refractivity (Wildman–Crippen MR) is 105 cm³/mol. The molecule has 0 aliphatic heterocycles. The average Bonchev–Trinajstić information content (AvgIpc) is 2.72. The van der Waals surface area contributed by atoms with E-state index < -0.39 is 4.92 Å². The summed E-state index contributed by atoms with van der Waals surface area (Å²) in [6.45, 7) is 2.15. The SMILES string of the molecule is C[C@@H](c1cccc([N+](=O)[O-])c1)N(C)C(=O)CCn1ncc(=O)c2ccccc21. The number of rotatable bonds is 6. The zero-order chi connectivity index (χ0) is 20.3. The number of fused-ring (bicyclic) bond motifs is 1. The first-order valence-corrected chi connectivity index (χ1v) is 8.83. The lowest BCUT2D eigenvalue weighted by Gasteiger charge is -2.25. The molecule has 1 aromatic heterocycles. The van der Waals surface area contributed by atoms with Gasteiger partial charge in [-0.2, -0.15) is 5.10 Å². The number of benzene rings is 2. The summed E-state index contributed by atoms with van der Waals surface area (Å²) >= 11 is 0. The minimum absolute atomic E-state index is 0.00544. The number of non-ortho nitro benzene ring substituents is 1. The number of nitrogens with zero attached hydrogens (tertiary/aromatic N) is 4. The highest BCUT2D eigenvalue weighted by Crippen LogP contribution is 2.23. The van der Waals surface area contributed by atoms with E-state index in [1.165, 1.54) is 18.3 Å². The van der Waals surface area contributed by atoms with Gasteiger partial charge in [0, 0.05) is 31.0 Å². The highest BCUT2D eigenvalue weighted by atomic mass is 16.6. The van der Waals surface area contributed by atoms with Crippen molar-refractivity contribution in [3.63, 3.8) is 0 Å². The number of hydrogen-bond acceptors (Lipinski definition) is 5. The lowest BCUT2D eigenvalue weighted by Crippen LogP contribution is -2.30. The molecule has 0 aliphatic rings. The zero-order valence-electron chi connectivity index (χ0n) is 15.6. The van der Waals surface area contributed by atoms with Gasteiger partial charge in [0.25, 0.3) is 5.69 Å². The van der Waals surface area contributed by atoms with Gasteiger partial charge in [0.1, 0.15) is 0 Å². The number of amides is 1. The molecule has 0 N–H and O–H groups in total. The summed E-state index contributed by atoms with van der Waals surface area (Å²) < 4.78 is 1.64. The Bertz CT molecular complexity index is 1090. The Balaban J connectivity index is 1.73. The molecule has 144 valence electrons. The van der Waals surface area contributed by atoms with E-state index in [0.717, 1.165) is 0 Å². The molecule has 2 aromatic carbocycles. The summed E-state index contributed by atoms with van der Waals surface area (Å²) in [5, 5.41) is 15.7. The minimum Gasteiger partial charge on any atom is -0.339 e. The van der Waals surface area contributed by atoms with Crippen molar-refractivity contribution >= 4 is 22.5 Å². The highest BCUT2D eigenvalue weighted by Gasteiger charge is 2.19. The Morgan fingerprint density at radius 1 is 1.25 bits per heavy atom. The van der Waals surface area contributed by atoms with Gasteiger partial charge >= 0.3 is 0 Å². The Morgan fingerprint density at radius 3 is 2.75 bits per heavy atom. The van der Waals surface area contributed by atoms with Crippen molar-refractivity contribution < 1.29 is 9.72 Å².